The predicted octanol–water partition coefficient (Wildman–Crippen LogP) is 3.44. The third-order valence-electron chi connectivity index (χ3n) is 3.41. The minimum Gasteiger partial charge on any atom is -0.372 e. The summed E-state index contributed by atoms with van der Waals surface area (Å²) in [5.74, 6) is 0. The van der Waals surface area contributed by atoms with E-state index in [0.717, 1.165) is 25.3 Å². The average molecular weight is 239 g/mol. The molecule has 0 bridgehead atoms. The Kier molecular flexibility index (Phi) is 3.11. The summed E-state index contributed by atoms with van der Waals surface area (Å²) in [6.07, 6.45) is 1.17. The van der Waals surface area contributed by atoms with Crippen molar-refractivity contribution in [1.29, 1.82) is 0 Å². The molecule has 2 heteroatoms. The van der Waals surface area contributed by atoms with Crippen LogP contribution >= 0.6 is 0 Å². The Labute approximate surface area is 107 Å². The van der Waals surface area contributed by atoms with Gasteiger partial charge in [0.15, 0.2) is 0 Å². The van der Waals surface area contributed by atoms with Gasteiger partial charge in [0.05, 0.1) is 5.71 Å². The van der Waals surface area contributed by atoms with Crippen LogP contribution in [0.5, 0.6) is 0 Å². The normalized spacial score (nSPS) is 19.2. The van der Waals surface area contributed by atoms with Crippen LogP contribution in [0.3, 0.4) is 0 Å². The Hall–Kier alpha value is -1.67. The molecular weight excluding hydrogens is 222 g/mol. The van der Waals surface area contributed by atoms with Crippen LogP contribution in [-0.4, -0.2) is 25.0 Å². The second-order valence-corrected chi connectivity index (χ2v) is 4.53. The highest BCUT2D eigenvalue weighted by Gasteiger charge is 2.23. The van der Waals surface area contributed by atoms with Crippen molar-refractivity contribution < 1.29 is 4.74 Å². The molecule has 0 amide bonds. The van der Waals surface area contributed by atoms with Gasteiger partial charge in [0, 0.05) is 18.7 Å². The van der Waals surface area contributed by atoms with Crippen LogP contribution in [0.1, 0.15) is 18.9 Å². The molecule has 0 aliphatic carbocycles. The summed E-state index contributed by atoms with van der Waals surface area (Å²) in [5.41, 5.74) is 2.35. The van der Waals surface area contributed by atoms with Crippen LogP contribution in [0.2, 0.25) is 0 Å². The number of hydrogen-bond acceptors (Lipinski definition) is 2. The van der Waals surface area contributed by atoms with E-state index >= 15 is 0 Å². The number of ether oxygens (including phenoxy) is 1. The summed E-state index contributed by atoms with van der Waals surface area (Å²) in [5, 5.41) is 2.53. The molecule has 1 heterocycles. The predicted molar refractivity (Wildman–Crippen MR) is 75.4 cm³/mol. The van der Waals surface area contributed by atoms with E-state index < -0.39 is 0 Å². The van der Waals surface area contributed by atoms with Gasteiger partial charge in [-0.15, -0.1) is 0 Å². The number of rotatable bonds is 3. The minimum absolute atomic E-state index is 0.167. The molecule has 1 atom stereocenters. The Morgan fingerprint density at radius 2 is 2.00 bits per heavy atom. The van der Waals surface area contributed by atoms with Crippen molar-refractivity contribution in [3.05, 3.63) is 48.0 Å². The molecule has 0 N–H and O–H groups in total. The van der Waals surface area contributed by atoms with E-state index in [0.29, 0.717) is 0 Å². The number of fused-ring (bicyclic) bond motifs is 1. The summed E-state index contributed by atoms with van der Waals surface area (Å²) in [6.45, 7) is 3.66. The number of benzene rings is 2. The van der Waals surface area contributed by atoms with Crippen LogP contribution in [-0.2, 0) is 4.74 Å². The van der Waals surface area contributed by atoms with E-state index in [2.05, 4.69) is 47.5 Å². The molecule has 0 aromatic heterocycles. The van der Waals surface area contributed by atoms with Crippen molar-refractivity contribution >= 4 is 16.5 Å². The van der Waals surface area contributed by atoms with Gasteiger partial charge in [0.25, 0.3) is 0 Å². The molecule has 2 aromatic carbocycles. The van der Waals surface area contributed by atoms with Gasteiger partial charge in [-0.3, -0.25) is 4.99 Å². The molecule has 3 rings (SSSR count). The zero-order chi connectivity index (χ0) is 12.4. The van der Waals surface area contributed by atoms with Crippen LogP contribution in [0.25, 0.3) is 10.8 Å². The van der Waals surface area contributed by atoms with Crippen molar-refractivity contribution in [3.63, 3.8) is 0 Å². The van der Waals surface area contributed by atoms with Gasteiger partial charge in [-0.1, -0.05) is 42.5 Å². The Morgan fingerprint density at radius 1 is 1.17 bits per heavy atom. The minimum atomic E-state index is 0.167. The lowest BCUT2D eigenvalue weighted by molar-refractivity contribution is 0.111. The number of nitrogens with zero attached hydrogens (tertiary/aromatic N) is 1. The van der Waals surface area contributed by atoms with Crippen LogP contribution in [0, 0.1) is 0 Å². The zero-order valence-corrected chi connectivity index (χ0v) is 10.6. The lowest BCUT2D eigenvalue weighted by Crippen LogP contribution is -2.21. The van der Waals surface area contributed by atoms with E-state index in [-0.39, 0.29) is 6.10 Å². The zero-order valence-electron chi connectivity index (χ0n) is 10.6. The molecular formula is C16H17NO. The molecule has 1 unspecified atom stereocenters. The molecule has 0 spiro atoms. The van der Waals surface area contributed by atoms with E-state index in [4.69, 9.17) is 4.74 Å². The van der Waals surface area contributed by atoms with Crippen molar-refractivity contribution in [2.45, 2.75) is 19.4 Å². The summed E-state index contributed by atoms with van der Waals surface area (Å²) in [4.78, 5) is 4.65. The molecule has 2 nitrogen and oxygen atoms in total. The van der Waals surface area contributed by atoms with Crippen molar-refractivity contribution in [2.75, 3.05) is 13.2 Å². The maximum Gasteiger partial charge on any atom is 0.101 e. The fourth-order valence-corrected chi connectivity index (χ4v) is 2.61. The number of hydrogen-bond donors (Lipinski definition) is 0. The third-order valence-corrected chi connectivity index (χ3v) is 3.41. The Bertz CT molecular complexity index is 583. The van der Waals surface area contributed by atoms with Crippen LogP contribution < -0.4 is 0 Å². The SMILES string of the molecule is CCOC1CCN=C1c1cccc2ccccc12. The van der Waals surface area contributed by atoms with Gasteiger partial charge < -0.3 is 4.74 Å². The standard InChI is InChI=1S/C16H17NO/c1-2-18-15-10-11-17-16(15)14-9-5-7-12-6-3-4-8-13(12)14/h3-9,15H,2,10-11H2,1H3. The maximum atomic E-state index is 5.79. The first-order valence-electron chi connectivity index (χ1n) is 6.54. The molecule has 18 heavy (non-hydrogen) atoms. The quantitative estimate of drug-likeness (QED) is 0.804. The molecule has 0 saturated heterocycles. The highest BCUT2D eigenvalue weighted by Crippen LogP contribution is 2.24. The van der Waals surface area contributed by atoms with Crippen LogP contribution in [0.15, 0.2) is 47.5 Å². The number of aliphatic imine (C=N–C) groups is 1. The van der Waals surface area contributed by atoms with E-state index in [1.165, 1.54) is 16.3 Å². The van der Waals surface area contributed by atoms with Gasteiger partial charge in [-0.25, -0.2) is 0 Å². The van der Waals surface area contributed by atoms with Crippen molar-refractivity contribution in [3.8, 4) is 0 Å². The van der Waals surface area contributed by atoms with Gasteiger partial charge in [0.1, 0.15) is 6.10 Å². The first-order chi connectivity index (χ1) is 8.90. The molecule has 1 aliphatic rings. The Morgan fingerprint density at radius 3 is 2.89 bits per heavy atom. The van der Waals surface area contributed by atoms with Crippen molar-refractivity contribution in [2.24, 2.45) is 4.99 Å². The largest absolute Gasteiger partial charge is 0.372 e. The van der Waals surface area contributed by atoms with E-state index in [9.17, 15) is 0 Å². The molecule has 0 radical (unpaired) electrons. The van der Waals surface area contributed by atoms with Gasteiger partial charge in [0.2, 0.25) is 0 Å². The molecule has 2 aromatic rings. The highest BCUT2D eigenvalue weighted by molar-refractivity contribution is 6.13. The first-order valence-corrected chi connectivity index (χ1v) is 6.54. The molecule has 0 fully saturated rings. The van der Waals surface area contributed by atoms with Crippen molar-refractivity contribution in [1.82, 2.24) is 0 Å². The van der Waals surface area contributed by atoms with Crippen LogP contribution in [0.4, 0.5) is 0 Å². The smallest absolute Gasteiger partial charge is 0.101 e. The first kappa shape index (κ1) is 11.4. The molecule has 0 saturated carbocycles. The summed E-state index contributed by atoms with van der Waals surface area (Å²) < 4.78 is 5.79. The lowest BCUT2D eigenvalue weighted by Gasteiger charge is -2.14. The molecule has 92 valence electrons. The molecule has 1 aliphatic heterocycles. The monoisotopic (exact) mass is 239 g/mol. The maximum absolute atomic E-state index is 5.79. The fourth-order valence-electron chi connectivity index (χ4n) is 2.61. The summed E-state index contributed by atoms with van der Waals surface area (Å²) in [6, 6.07) is 14.8. The van der Waals surface area contributed by atoms with Gasteiger partial charge in [-0.05, 0) is 24.1 Å². The second kappa shape index (κ2) is 4.91. The highest BCUT2D eigenvalue weighted by atomic mass is 16.5. The Balaban J connectivity index is 2.09. The van der Waals surface area contributed by atoms with E-state index in [1.807, 2.05) is 6.92 Å². The van der Waals surface area contributed by atoms with Gasteiger partial charge >= 0.3 is 0 Å². The second-order valence-electron chi connectivity index (χ2n) is 4.53. The fraction of sp³-hybridized carbons (Fsp3) is 0.312. The lowest BCUT2D eigenvalue weighted by atomic mass is 9.98. The average Bonchev–Trinajstić information content (AvgIpc) is 2.87. The summed E-state index contributed by atoms with van der Waals surface area (Å²) >= 11 is 0. The third kappa shape index (κ3) is 1.93. The topological polar surface area (TPSA) is 21.6 Å². The van der Waals surface area contributed by atoms with Gasteiger partial charge in [-0.2, -0.15) is 0 Å². The summed E-state index contributed by atoms with van der Waals surface area (Å²) in [7, 11) is 0. The van der Waals surface area contributed by atoms with E-state index in [1.54, 1.807) is 0 Å².